The number of rotatable bonds is 2. The van der Waals surface area contributed by atoms with Crippen LogP contribution in [0.25, 0.3) is 0 Å². The summed E-state index contributed by atoms with van der Waals surface area (Å²) in [6.07, 6.45) is 0. The van der Waals surface area contributed by atoms with Gasteiger partial charge < -0.3 is 9.80 Å². The van der Waals surface area contributed by atoms with Crippen LogP contribution in [0.1, 0.15) is 13.8 Å². The first-order valence-electron chi connectivity index (χ1n) is 8.32. The molecule has 0 amide bonds. The molecule has 1 saturated heterocycles. The van der Waals surface area contributed by atoms with Crippen LogP contribution in [0, 0.1) is 11.8 Å². The van der Waals surface area contributed by atoms with E-state index in [1.165, 1.54) is 11.4 Å². The molecule has 2 heteroatoms. The largest absolute Gasteiger partial charge is 0.371 e. The average Bonchev–Trinajstić information content (AvgIpc) is 2.54. The molecule has 1 fully saturated rings. The van der Waals surface area contributed by atoms with E-state index >= 15 is 0 Å². The molecule has 3 rings (SSSR count). The van der Waals surface area contributed by atoms with Crippen molar-refractivity contribution in [2.24, 2.45) is 11.8 Å². The Labute approximate surface area is 134 Å². The Morgan fingerprint density at radius 2 is 0.909 bits per heavy atom. The molecule has 22 heavy (non-hydrogen) atoms. The van der Waals surface area contributed by atoms with Crippen LogP contribution in [0.5, 0.6) is 0 Å². The van der Waals surface area contributed by atoms with E-state index in [0.29, 0.717) is 11.8 Å². The predicted molar refractivity (Wildman–Crippen MR) is 95.6 cm³/mol. The molecule has 0 aromatic heterocycles. The molecule has 1 heterocycles. The molecule has 1 aliphatic heterocycles. The number of hydrogen-bond donors (Lipinski definition) is 0. The minimum absolute atomic E-state index is 0.646. The Kier molecular flexibility index (Phi) is 4.67. The van der Waals surface area contributed by atoms with Crippen LogP contribution in [0.3, 0.4) is 0 Å². The van der Waals surface area contributed by atoms with Crippen molar-refractivity contribution >= 4 is 11.4 Å². The van der Waals surface area contributed by atoms with E-state index in [4.69, 9.17) is 0 Å². The molecule has 0 atom stereocenters. The van der Waals surface area contributed by atoms with E-state index in [1.54, 1.807) is 0 Å². The van der Waals surface area contributed by atoms with Gasteiger partial charge in [0.15, 0.2) is 0 Å². The first kappa shape index (κ1) is 15.0. The van der Waals surface area contributed by atoms with Crippen molar-refractivity contribution in [1.29, 1.82) is 0 Å². The smallest absolute Gasteiger partial charge is 0.0366 e. The van der Waals surface area contributed by atoms with Crippen LogP contribution in [0.2, 0.25) is 0 Å². The lowest BCUT2D eigenvalue weighted by molar-refractivity contribution is 0.447. The standard InChI is InChI=1S/C20H26N2/c1-17-13-21(19-9-5-3-6-10-19)15-18(2)16-22(14-17)20-11-7-4-8-12-20/h3-12,17-18H,13-16H2,1-2H3. The van der Waals surface area contributed by atoms with Crippen molar-refractivity contribution in [3.8, 4) is 0 Å². The zero-order valence-corrected chi connectivity index (χ0v) is 13.7. The first-order valence-corrected chi connectivity index (χ1v) is 8.32. The normalized spacial score (nSPS) is 23.0. The van der Waals surface area contributed by atoms with Gasteiger partial charge in [0, 0.05) is 37.6 Å². The molecule has 0 saturated carbocycles. The Morgan fingerprint density at radius 1 is 0.591 bits per heavy atom. The molecule has 0 aliphatic carbocycles. The molecular formula is C20H26N2. The van der Waals surface area contributed by atoms with Crippen LogP contribution in [-0.2, 0) is 0 Å². The lowest BCUT2D eigenvalue weighted by Crippen LogP contribution is -2.45. The quantitative estimate of drug-likeness (QED) is 0.815. The number of hydrogen-bond acceptors (Lipinski definition) is 2. The SMILES string of the molecule is CC1CN(c2ccccc2)CC(C)CN(c2ccccc2)C1. The summed E-state index contributed by atoms with van der Waals surface area (Å²) in [5, 5.41) is 0. The summed E-state index contributed by atoms with van der Waals surface area (Å²) < 4.78 is 0. The molecular weight excluding hydrogens is 268 g/mol. The summed E-state index contributed by atoms with van der Waals surface area (Å²) in [6, 6.07) is 21.7. The molecule has 2 aromatic rings. The van der Waals surface area contributed by atoms with Gasteiger partial charge in [0.2, 0.25) is 0 Å². The molecule has 0 bridgehead atoms. The number of benzene rings is 2. The second-order valence-corrected chi connectivity index (χ2v) is 6.69. The highest BCUT2D eigenvalue weighted by molar-refractivity contribution is 5.48. The topological polar surface area (TPSA) is 6.48 Å². The van der Waals surface area contributed by atoms with E-state index in [-0.39, 0.29) is 0 Å². The fourth-order valence-electron chi connectivity index (χ4n) is 3.47. The summed E-state index contributed by atoms with van der Waals surface area (Å²) in [5.74, 6) is 1.29. The third-order valence-electron chi connectivity index (χ3n) is 4.37. The monoisotopic (exact) mass is 294 g/mol. The van der Waals surface area contributed by atoms with Gasteiger partial charge in [-0.05, 0) is 36.1 Å². The molecule has 0 N–H and O–H groups in total. The fourth-order valence-corrected chi connectivity index (χ4v) is 3.47. The lowest BCUT2D eigenvalue weighted by Gasteiger charge is -2.39. The summed E-state index contributed by atoms with van der Waals surface area (Å²) in [4.78, 5) is 5.11. The first-order chi connectivity index (χ1) is 10.7. The van der Waals surface area contributed by atoms with E-state index in [0.717, 1.165) is 26.2 Å². The molecule has 116 valence electrons. The molecule has 2 aromatic carbocycles. The van der Waals surface area contributed by atoms with E-state index in [1.807, 2.05) is 0 Å². The fraction of sp³-hybridized carbons (Fsp3) is 0.400. The third-order valence-corrected chi connectivity index (χ3v) is 4.37. The highest BCUT2D eigenvalue weighted by Gasteiger charge is 2.22. The van der Waals surface area contributed by atoms with Gasteiger partial charge in [-0.25, -0.2) is 0 Å². The zero-order valence-electron chi connectivity index (χ0n) is 13.7. The van der Waals surface area contributed by atoms with Crippen LogP contribution in [0.4, 0.5) is 11.4 Å². The number of para-hydroxylation sites is 2. The zero-order chi connectivity index (χ0) is 15.4. The minimum Gasteiger partial charge on any atom is -0.371 e. The van der Waals surface area contributed by atoms with Crippen molar-refractivity contribution < 1.29 is 0 Å². The van der Waals surface area contributed by atoms with Gasteiger partial charge >= 0.3 is 0 Å². The molecule has 1 aliphatic rings. The van der Waals surface area contributed by atoms with Crippen molar-refractivity contribution in [3.05, 3.63) is 60.7 Å². The minimum atomic E-state index is 0.646. The van der Waals surface area contributed by atoms with E-state index < -0.39 is 0 Å². The molecule has 2 nitrogen and oxygen atoms in total. The Hall–Kier alpha value is -1.96. The van der Waals surface area contributed by atoms with Gasteiger partial charge in [0.1, 0.15) is 0 Å². The Balaban J connectivity index is 1.75. The van der Waals surface area contributed by atoms with Crippen molar-refractivity contribution in [1.82, 2.24) is 0 Å². The van der Waals surface area contributed by atoms with Gasteiger partial charge in [-0.1, -0.05) is 50.2 Å². The highest BCUT2D eigenvalue weighted by atomic mass is 15.2. The van der Waals surface area contributed by atoms with Gasteiger partial charge in [0.25, 0.3) is 0 Å². The lowest BCUT2D eigenvalue weighted by atomic mass is 10.0. The van der Waals surface area contributed by atoms with Gasteiger partial charge in [0.05, 0.1) is 0 Å². The Bertz CT molecular complexity index is 501. The highest BCUT2D eigenvalue weighted by Crippen LogP contribution is 2.23. The third kappa shape index (κ3) is 3.62. The maximum atomic E-state index is 2.55. The maximum Gasteiger partial charge on any atom is 0.0366 e. The maximum absolute atomic E-state index is 2.55. The number of nitrogens with zero attached hydrogens (tertiary/aromatic N) is 2. The van der Waals surface area contributed by atoms with Gasteiger partial charge in [-0.3, -0.25) is 0 Å². The second kappa shape index (κ2) is 6.87. The van der Waals surface area contributed by atoms with Gasteiger partial charge in [-0.15, -0.1) is 0 Å². The van der Waals surface area contributed by atoms with E-state index in [2.05, 4.69) is 84.3 Å². The summed E-state index contributed by atoms with van der Waals surface area (Å²) in [7, 11) is 0. The summed E-state index contributed by atoms with van der Waals surface area (Å²) in [5.41, 5.74) is 2.71. The molecule has 0 unspecified atom stereocenters. The average molecular weight is 294 g/mol. The van der Waals surface area contributed by atoms with Crippen LogP contribution in [-0.4, -0.2) is 26.2 Å². The summed E-state index contributed by atoms with van der Waals surface area (Å²) in [6.45, 7) is 9.22. The van der Waals surface area contributed by atoms with E-state index in [9.17, 15) is 0 Å². The second-order valence-electron chi connectivity index (χ2n) is 6.69. The van der Waals surface area contributed by atoms with Crippen molar-refractivity contribution in [2.45, 2.75) is 13.8 Å². The van der Waals surface area contributed by atoms with Crippen LogP contribution < -0.4 is 9.80 Å². The van der Waals surface area contributed by atoms with Gasteiger partial charge in [-0.2, -0.15) is 0 Å². The summed E-state index contributed by atoms with van der Waals surface area (Å²) >= 11 is 0. The Morgan fingerprint density at radius 3 is 1.23 bits per heavy atom. The van der Waals surface area contributed by atoms with Crippen molar-refractivity contribution in [2.75, 3.05) is 36.0 Å². The molecule has 0 radical (unpaired) electrons. The number of anilines is 2. The van der Waals surface area contributed by atoms with Crippen LogP contribution >= 0.6 is 0 Å². The van der Waals surface area contributed by atoms with Crippen molar-refractivity contribution in [3.63, 3.8) is 0 Å². The molecule has 0 spiro atoms. The predicted octanol–water partition coefficient (Wildman–Crippen LogP) is 4.29. The van der Waals surface area contributed by atoms with Crippen LogP contribution in [0.15, 0.2) is 60.7 Å².